The second-order valence-corrected chi connectivity index (χ2v) is 4.22. The molecule has 0 saturated carbocycles. The van der Waals surface area contributed by atoms with Crippen molar-refractivity contribution in [3.8, 4) is 5.75 Å². The van der Waals surface area contributed by atoms with Crippen LogP contribution in [0.1, 0.15) is 18.9 Å². The Kier molecular flexibility index (Phi) is 6.52. The molecular weight excluding hydrogens is 262 g/mol. The van der Waals surface area contributed by atoms with Crippen molar-refractivity contribution in [2.24, 2.45) is 0 Å². The van der Waals surface area contributed by atoms with E-state index >= 15 is 0 Å². The van der Waals surface area contributed by atoms with E-state index < -0.39 is 17.9 Å². The van der Waals surface area contributed by atoms with E-state index in [1.54, 1.807) is 24.3 Å². The van der Waals surface area contributed by atoms with Gasteiger partial charge in [0.05, 0.1) is 13.0 Å². The third-order valence-electron chi connectivity index (χ3n) is 2.65. The molecule has 1 aromatic carbocycles. The van der Waals surface area contributed by atoms with E-state index in [2.05, 4.69) is 5.32 Å². The van der Waals surface area contributed by atoms with Gasteiger partial charge in [0.25, 0.3) is 0 Å². The van der Waals surface area contributed by atoms with E-state index in [-0.39, 0.29) is 19.4 Å². The normalized spacial score (nSPS) is 11.7. The summed E-state index contributed by atoms with van der Waals surface area (Å²) < 4.78 is 5.29. The van der Waals surface area contributed by atoms with E-state index in [1.807, 2.05) is 6.92 Å². The highest BCUT2D eigenvalue weighted by atomic mass is 16.5. The second kappa shape index (κ2) is 8.16. The molecule has 110 valence electrons. The molecule has 0 bridgehead atoms. The summed E-state index contributed by atoms with van der Waals surface area (Å²) in [6.07, 6.45) is 0.0754. The van der Waals surface area contributed by atoms with Crippen LogP contribution in [-0.4, -0.2) is 41.3 Å². The first-order chi connectivity index (χ1) is 9.56. The summed E-state index contributed by atoms with van der Waals surface area (Å²) in [5.74, 6) is -0.825. The summed E-state index contributed by atoms with van der Waals surface area (Å²) in [5.41, 5.74) is 0.763. The van der Waals surface area contributed by atoms with Gasteiger partial charge in [-0.25, -0.2) is 4.79 Å². The molecule has 0 aliphatic carbocycles. The zero-order valence-corrected chi connectivity index (χ0v) is 11.3. The van der Waals surface area contributed by atoms with Gasteiger partial charge in [-0.1, -0.05) is 12.1 Å². The van der Waals surface area contributed by atoms with Crippen LogP contribution < -0.4 is 10.1 Å². The van der Waals surface area contributed by atoms with Crippen molar-refractivity contribution in [2.75, 3.05) is 13.2 Å². The van der Waals surface area contributed by atoms with Gasteiger partial charge in [0.1, 0.15) is 11.8 Å². The Balaban J connectivity index is 2.54. The lowest BCUT2D eigenvalue weighted by Gasteiger charge is -2.13. The largest absolute Gasteiger partial charge is 0.494 e. The van der Waals surface area contributed by atoms with Crippen LogP contribution in [-0.2, 0) is 16.0 Å². The molecule has 6 nitrogen and oxygen atoms in total. The van der Waals surface area contributed by atoms with Gasteiger partial charge in [0.15, 0.2) is 0 Å². The minimum Gasteiger partial charge on any atom is -0.494 e. The van der Waals surface area contributed by atoms with Crippen molar-refractivity contribution in [1.82, 2.24) is 5.32 Å². The molecule has 0 aliphatic rings. The Labute approximate surface area is 117 Å². The molecule has 0 radical (unpaired) electrons. The number of aliphatic hydroxyl groups is 1. The number of carboxylic acids is 1. The molecule has 20 heavy (non-hydrogen) atoms. The van der Waals surface area contributed by atoms with Gasteiger partial charge in [-0.15, -0.1) is 0 Å². The van der Waals surface area contributed by atoms with Crippen LogP contribution in [0, 0.1) is 0 Å². The molecular formula is C14H19NO5. The van der Waals surface area contributed by atoms with Gasteiger partial charge in [-0.3, -0.25) is 4.79 Å². The number of hydrogen-bond acceptors (Lipinski definition) is 4. The molecule has 1 amide bonds. The number of nitrogens with one attached hydrogen (secondary N) is 1. The minimum atomic E-state index is -1.15. The maximum atomic E-state index is 11.7. The predicted octanol–water partition coefficient (Wildman–Crippen LogP) is 0.580. The van der Waals surface area contributed by atoms with Crippen molar-refractivity contribution >= 4 is 11.9 Å². The molecule has 6 heteroatoms. The Bertz CT molecular complexity index is 443. The van der Waals surface area contributed by atoms with Gasteiger partial charge >= 0.3 is 5.97 Å². The van der Waals surface area contributed by atoms with Crippen LogP contribution >= 0.6 is 0 Å². The summed E-state index contributed by atoms with van der Waals surface area (Å²) in [6, 6.07) is 5.97. The summed E-state index contributed by atoms with van der Waals surface area (Å²) >= 11 is 0. The molecule has 1 unspecified atom stereocenters. The molecule has 1 atom stereocenters. The van der Waals surface area contributed by atoms with Crippen molar-refractivity contribution < 1.29 is 24.5 Å². The number of hydrogen-bond donors (Lipinski definition) is 3. The molecule has 0 aliphatic heterocycles. The van der Waals surface area contributed by atoms with E-state index in [0.717, 1.165) is 11.3 Å². The van der Waals surface area contributed by atoms with Gasteiger partial charge in [0, 0.05) is 13.0 Å². The SMILES string of the molecule is CCOc1ccc(CC(=O)NC(CCO)C(=O)O)cc1. The van der Waals surface area contributed by atoms with Crippen LogP contribution in [0.25, 0.3) is 0 Å². The third-order valence-corrected chi connectivity index (χ3v) is 2.65. The van der Waals surface area contributed by atoms with Crippen LogP contribution in [0.15, 0.2) is 24.3 Å². The number of amides is 1. The van der Waals surface area contributed by atoms with Crippen LogP contribution in [0.5, 0.6) is 5.75 Å². The number of aliphatic hydroxyl groups excluding tert-OH is 1. The number of ether oxygens (including phenoxy) is 1. The number of benzene rings is 1. The first kappa shape index (κ1) is 16.0. The van der Waals surface area contributed by atoms with Crippen LogP contribution in [0.3, 0.4) is 0 Å². The van der Waals surface area contributed by atoms with Crippen molar-refractivity contribution in [3.63, 3.8) is 0 Å². The fraction of sp³-hybridized carbons (Fsp3) is 0.429. The average Bonchev–Trinajstić information content (AvgIpc) is 2.40. The van der Waals surface area contributed by atoms with E-state index in [4.69, 9.17) is 14.9 Å². The lowest BCUT2D eigenvalue weighted by atomic mass is 10.1. The summed E-state index contributed by atoms with van der Waals surface area (Å²) in [6.45, 7) is 2.16. The number of carbonyl (C=O) groups excluding carboxylic acids is 1. The molecule has 0 saturated heterocycles. The Morgan fingerprint density at radius 1 is 1.30 bits per heavy atom. The maximum Gasteiger partial charge on any atom is 0.326 e. The zero-order valence-electron chi connectivity index (χ0n) is 11.3. The average molecular weight is 281 g/mol. The highest BCUT2D eigenvalue weighted by Gasteiger charge is 2.19. The number of carboxylic acid groups (broad SMARTS) is 1. The lowest BCUT2D eigenvalue weighted by molar-refractivity contribution is -0.142. The standard InChI is InChI=1S/C14H19NO5/c1-2-20-11-5-3-10(4-6-11)9-13(17)15-12(7-8-16)14(18)19/h3-6,12,16H,2,7-9H2,1H3,(H,15,17)(H,18,19). The monoisotopic (exact) mass is 281 g/mol. The zero-order chi connectivity index (χ0) is 15.0. The van der Waals surface area contributed by atoms with E-state index in [0.29, 0.717) is 6.61 Å². The quantitative estimate of drug-likeness (QED) is 0.648. The number of aliphatic carboxylic acids is 1. The number of rotatable bonds is 8. The fourth-order valence-electron chi connectivity index (χ4n) is 1.69. The lowest BCUT2D eigenvalue weighted by Crippen LogP contribution is -2.42. The van der Waals surface area contributed by atoms with Crippen LogP contribution in [0.2, 0.25) is 0 Å². The van der Waals surface area contributed by atoms with Crippen molar-refractivity contribution in [1.29, 1.82) is 0 Å². The summed E-state index contributed by atoms with van der Waals surface area (Å²) in [4.78, 5) is 22.6. The van der Waals surface area contributed by atoms with E-state index in [9.17, 15) is 9.59 Å². The minimum absolute atomic E-state index is 0.00957. The van der Waals surface area contributed by atoms with Gasteiger partial charge < -0.3 is 20.3 Å². The molecule has 0 heterocycles. The van der Waals surface area contributed by atoms with E-state index in [1.165, 1.54) is 0 Å². The first-order valence-corrected chi connectivity index (χ1v) is 6.41. The van der Waals surface area contributed by atoms with Gasteiger partial charge in [-0.05, 0) is 24.6 Å². The summed E-state index contributed by atoms with van der Waals surface area (Å²) in [7, 11) is 0. The molecule has 1 rings (SSSR count). The van der Waals surface area contributed by atoms with Crippen molar-refractivity contribution in [2.45, 2.75) is 25.8 Å². The van der Waals surface area contributed by atoms with Gasteiger partial charge in [-0.2, -0.15) is 0 Å². The molecule has 3 N–H and O–H groups in total. The van der Waals surface area contributed by atoms with Gasteiger partial charge in [0.2, 0.25) is 5.91 Å². The van der Waals surface area contributed by atoms with Crippen LogP contribution in [0.4, 0.5) is 0 Å². The topological polar surface area (TPSA) is 95.9 Å². The Morgan fingerprint density at radius 2 is 1.95 bits per heavy atom. The third kappa shape index (κ3) is 5.27. The molecule has 0 fully saturated rings. The summed E-state index contributed by atoms with van der Waals surface area (Å²) in [5, 5.41) is 20.0. The second-order valence-electron chi connectivity index (χ2n) is 4.22. The number of carbonyl (C=O) groups is 2. The molecule has 0 aromatic heterocycles. The highest BCUT2D eigenvalue weighted by Crippen LogP contribution is 2.12. The predicted molar refractivity (Wildman–Crippen MR) is 72.6 cm³/mol. The Hall–Kier alpha value is -2.08. The highest BCUT2D eigenvalue weighted by molar-refractivity contribution is 5.84. The molecule has 0 spiro atoms. The Morgan fingerprint density at radius 3 is 2.45 bits per heavy atom. The first-order valence-electron chi connectivity index (χ1n) is 6.41. The maximum absolute atomic E-state index is 11.7. The smallest absolute Gasteiger partial charge is 0.326 e. The van der Waals surface area contributed by atoms with Crippen molar-refractivity contribution in [3.05, 3.63) is 29.8 Å². The fourth-order valence-corrected chi connectivity index (χ4v) is 1.69. The molecule has 1 aromatic rings.